The smallest absolute Gasteiger partial charge is 0.330 e. The zero-order valence-electron chi connectivity index (χ0n) is 6.15. The molecule has 8 heteroatoms. The average molecular weight is 207 g/mol. The second kappa shape index (κ2) is 7.35. The van der Waals surface area contributed by atoms with Crippen LogP contribution in [-0.2, 0) is 10.4 Å². The van der Waals surface area contributed by atoms with E-state index in [0.717, 1.165) is 0 Å². The number of nitrogens with two attached hydrogens (primary N) is 1. The largest absolute Gasteiger partial charge is 0.394 e. The Bertz CT molecular complexity index is 173. The molecule has 0 aliphatic rings. The first-order valence-electron chi connectivity index (χ1n) is 2.95. The number of hydrogen-bond acceptors (Lipinski definition) is 3. The number of alkyl halides is 2. The van der Waals surface area contributed by atoms with Crippen LogP contribution in [0, 0.1) is 0 Å². The number of hydrogen-bond donors (Lipinski definition) is 3. The van der Waals surface area contributed by atoms with Gasteiger partial charge >= 0.3 is 10.4 Å². The van der Waals surface area contributed by atoms with Crippen LogP contribution in [0.4, 0.5) is 8.78 Å². The van der Waals surface area contributed by atoms with Gasteiger partial charge in [0.1, 0.15) is 0 Å². The lowest BCUT2D eigenvalue weighted by molar-refractivity contribution is 0.135. The van der Waals surface area contributed by atoms with E-state index in [2.05, 4.69) is 0 Å². The van der Waals surface area contributed by atoms with E-state index in [1.165, 1.54) is 0 Å². The fraction of sp³-hybridized carbons (Fsp3) is 1.00. The minimum atomic E-state index is -4.67. The molecule has 5 nitrogen and oxygen atoms in total. The molecule has 0 aromatic heterocycles. The molecule has 0 aliphatic carbocycles. The van der Waals surface area contributed by atoms with Crippen LogP contribution in [0.3, 0.4) is 0 Å². The predicted octanol–water partition coefficient (Wildman–Crippen LogP) is 0.338. The van der Waals surface area contributed by atoms with Crippen molar-refractivity contribution in [3.05, 3.63) is 0 Å². The molecule has 0 saturated heterocycles. The van der Waals surface area contributed by atoms with Crippen molar-refractivity contribution in [1.29, 1.82) is 0 Å². The lowest BCUT2D eigenvalue weighted by Crippen LogP contribution is -2.01. The summed E-state index contributed by atoms with van der Waals surface area (Å²) in [5.41, 5.74) is 4.94. The van der Waals surface area contributed by atoms with Crippen molar-refractivity contribution < 1.29 is 26.3 Å². The third kappa shape index (κ3) is 53.7. The van der Waals surface area contributed by atoms with E-state index < -0.39 is 16.8 Å². The molecule has 0 fully saturated rings. The van der Waals surface area contributed by atoms with Crippen LogP contribution >= 0.6 is 0 Å². The maximum atomic E-state index is 11.2. The Balaban J connectivity index is 0. The molecule has 4 N–H and O–H groups in total. The molecule has 0 aromatic carbocycles. The van der Waals surface area contributed by atoms with E-state index in [1.807, 2.05) is 0 Å². The third-order valence-corrected chi connectivity index (χ3v) is 0.626. The first kappa shape index (κ1) is 14.2. The van der Waals surface area contributed by atoms with Gasteiger partial charge in [-0.3, -0.25) is 9.11 Å². The summed E-state index contributed by atoms with van der Waals surface area (Å²) in [5.74, 6) is 0. The summed E-state index contributed by atoms with van der Waals surface area (Å²) in [6.07, 6.45) is -1.81. The zero-order chi connectivity index (χ0) is 10.2. The lowest BCUT2D eigenvalue weighted by atomic mass is 10.3. The summed E-state index contributed by atoms with van der Waals surface area (Å²) in [7, 11) is -4.67. The van der Waals surface area contributed by atoms with Crippen molar-refractivity contribution in [2.75, 3.05) is 6.54 Å². The molecule has 0 saturated carbocycles. The SMILES string of the molecule is NCCCC(F)F.O=S(=O)(O)O. The Morgan fingerprint density at radius 3 is 1.75 bits per heavy atom. The van der Waals surface area contributed by atoms with Crippen molar-refractivity contribution in [1.82, 2.24) is 0 Å². The van der Waals surface area contributed by atoms with Crippen molar-refractivity contribution >= 4 is 10.4 Å². The maximum Gasteiger partial charge on any atom is 0.394 e. The normalized spacial score (nSPS) is 10.8. The summed E-state index contributed by atoms with van der Waals surface area (Å²) in [6, 6.07) is 0. The first-order chi connectivity index (χ1) is 5.27. The summed E-state index contributed by atoms with van der Waals surface area (Å²) in [4.78, 5) is 0. The van der Waals surface area contributed by atoms with E-state index in [-0.39, 0.29) is 6.42 Å². The molecule has 0 bridgehead atoms. The summed E-state index contributed by atoms with van der Waals surface area (Å²) >= 11 is 0. The topological polar surface area (TPSA) is 101 Å². The van der Waals surface area contributed by atoms with Crippen LogP contribution in [0.1, 0.15) is 12.8 Å². The number of halogens is 2. The molecule has 0 heterocycles. The van der Waals surface area contributed by atoms with Gasteiger partial charge in [0.05, 0.1) is 0 Å². The van der Waals surface area contributed by atoms with Crippen LogP contribution in [-0.4, -0.2) is 30.5 Å². The quantitative estimate of drug-likeness (QED) is 0.579. The van der Waals surface area contributed by atoms with Crippen LogP contribution in [0.15, 0.2) is 0 Å². The molecule has 0 rings (SSSR count). The van der Waals surface area contributed by atoms with Gasteiger partial charge in [-0.25, -0.2) is 8.78 Å². The monoisotopic (exact) mass is 207 g/mol. The Labute approximate surface area is 69.1 Å². The Morgan fingerprint density at radius 1 is 1.33 bits per heavy atom. The first-order valence-corrected chi connectivity index (χ1v) is 4.35. The highest BCUT2D eigenvalue weighted by Gasteiger charge is 1.97. The Kier molecular flexibility index (Phi) is 8.71. The van der Waals surface area contributed by atoms with Gasteiger partial charge in [-0.1, -0.05) is 0 Å². The molecule has 12 heavy (non-hydrogen) atoms. The van der Waals surface area contributed by atoms with Gasteiger partial charge in [0.15, 0.2) is 0 Å². The van der Waals surface area contributed by atoms with Crippen LogP contribution in [0.25, 0.3) is 0 Å². The van der Waals surface area contributed by atoms with Gasteiger partial charge < -0.3 is 5.73 Å². The molecule has 0 atom stereocenters. The predicted molar refractivity (Wildman–Crippen MR) is 38.5 cm³/mol. The molecular formula is C4H11F2NO4S. The van der Waals surface area contributed by atoms with Gasteiger partial charge in [-0.2, -0.15) is 8.42 Å². The molecule has 76 valence electrons. The van der Waals surface area contributed by atoms with Gasteiger partial charge in [-0.15, -0.1) is 0 Å². The molecule has 0 unspecified atom stereocenters. The highest BCUT2D eigenvalue weighted by molar-refractivity contribution is 7.79. The fourth-order valence-corrected chi connectivity index (χ4v) is 0.272. The van der Waals surface area contributed by atoms with Gasteiger partial charge in [0.2, 0.25) is 6.43 Å². The second-order valence-electron chi connectivity index (χ2n) is 1.77. The Morgan fingerprint density at radius 2 is 1.67 bits per heavy atom. The molecular weight excluding hydrogens is 196 g/mol. The zero-order valence-corrected chi connectivity index (χ0v) is 6.97. The molecule has 0 radical (unpaired) electrons. The van der Waals surface area contributed by atoms with Crippen molar-refractivity contribution in [3.63, 3.8) is 0 Å². The Hall–Kier alpha value is -0.310. The minimum absolute atomic E-state index is 0.0590. The van der Waals surface area contributed by atoms with Crippen LogP contribution in [0.2, 0.25) is 0 Å². The van der Waals surface area contributed by atoms with Gasteiger partial charge in [0.25, 0.3) is 0 Å². The molecule has 0 aromatic rings. The van der Waals surface area contributed by atoms with Crippen molar-refractivity contribution in [3.8, 4) is 0 Å². The van der Waals surface area contributed by atoms with E-state index in [9.17, 15) is 8.78 Å². The highest BCUT2D eigenvalue weighted by Crippen LogP contribution is 1.99. The second-order valence-corrected chi connectivity index (χ2v) is 2.67. The van der Waals surface area contributed by atoms with Crippen LogP contribution in [0.5, 0.6) is 0 Å². The van der Waals surface area contributed by atoms with Crippen molar-refractivity contribution in [2.24, 2.45) is 5.73 Å². The van der Waals surface area contributed by atoms with E-state index in [1.54, 1.807) is 0 Å². The molecule has 0 amide bonds. The lowest BCUT2D eigenvalue weighted by Gasteiger charge is -1.92. The molecule has 0 aliphatic heterocycles. The standard InChI is InChI=1S/C4H9F2N.H2O4S/c5-4(6)2-1-3-7;1-5(2,3)4/h4H,1-3,7H2;(H2,1,2,3,4). The maximum absolute atomic E-state index is 11.2. The van der Waals surface area contributed by atoms with Crippen molar-refractivity contribution in [2.45, 2.75) is 19.3 Å². The summed E-state index contributed by atoms with van der Waals surface area (Å²) < 4.78 is 53.9. The highest BCUT2D eigenvalue weighted by atomic mass is 32.3. The summed E-state index contributed by atoms with van der Waals surface area (Å²) in [5, 5.41) is 0. The van der Waals surface area contributed by atoms with E-state index in [0.29, 0.717) is 13.0 Å². The third-order valence-electron chi connectivity index (χ3n) is 0.626. The van der Waals surface area contributed by atoms with Crippen LogP contribution < -0.4 is 5.73 Å². The fourth-order valence-electron chi connectivity index (χ4n) is 0.272. The number of rotatable bonds is 3. The van der Waals surface area contributed by atoms with E-state index >= 15 is 0 Å². The minimum Gasteiger partial charge on any atom is -0.330 e. The molecule has 0 spiro atoms. The summed E-state index contributed by atoms with van der Waals surface area (Å²) in [6.45, 7) is 0.365. The van der Waals surface area contributed by atoms with E-state index in [4.69, 9.17) is 23.3 Å². The average Bonchev–Trinajstić information content (AvgIpc) is 1.79. The van der Waals surface area contributed by atoms with Gasteiger partial charge in [-0.05, 0) is 13.0 Å². The van der Waals surface area contributed by atoms with Gasteiger partial charge in [0, 0.05) is 6.42 Å².